The van der Waals surface area contributed by atoms with E-state index in [0.717, 1.165) is 12.8 Å². The van der Waals surface area contributed by atoms with Crippen molar-refractivity contribution in [2.75, 3.05) is 13.2 Å². The van der Waals surface area contributed by atoms with E-state index in [0.29, 0.717) is 25.6 Å². The Morgan fingerprint density at radius 1 is 0.920 bits per heavy atom. The zero-order valence-electron chi connectivity index (χ0n) is 17.2. The van der Waals surface area contributed by atoms with Gasteiger partial charge >= 0.3 is 11.9 Å². The quantitative estimate of drug-likeness (QED) is 0.594. The maximum absolute atomic E-state index is 12.6. The van der Waals surface area contributed by atoms with E-state index < -0.39 is 5.92 Å². The maximum Gasteiger partial charge on any atom is 0.309 e. The van der Waals surface area contributed by atoms with Gasteiger partial charge in [-0.1, -0.05) is 60.8 Å². The number of rotatable bonds is 7. The molecular weight excluding hydrogens is 316 g/mol. The van der Waals surface area contributed by atoms with Gasteiger partial charge in [0.25, 0.3) is 0 Å². The normalized spacial score (nSPS) is 17.8. The third-order valence-electron chi connectivity index (χ3n) is 4.46. The molecule has 1 fully saturated rings. The molecule has 1 aliphatic carbocycles. The largest absolute Gasteiger partial charge is 0.465 e. The van der Waals surface area contributed by atoms with E-state index in [4.69, 9.17) is 9.47 Å². The van der Waals surface area contributed by atoms with Crippen molar-refractivity contribution in [3.63, 3.8) is 0 Å². The molecular formula is C21H38O4. The molecule has 4 heteroatoms. The molecule has 0 heterocycles. The first kappa shape index (κ1) is 22.0. The van der Waals surface area contributed by atoms with Crippen LogP contribution in [-0.2, 0) is 19.1 Å². The Bertz CT molecular complexity index is 422. The number of ether oxygens (including phenoxy) is 2. The summed E-state index contributed by atoms with van der Waals surface area (Å²) in [4.78, 5) is 24.7. The van der Waals surface area contributed by atoms with E-state index >= 15 is 0 Å². The van der Waals surface area contributed by atoms with Gasteiger partial charge in [-0.3, -0.25) is 9.59 Å². The van der Waals surface area contributed by atoms with E-state index in [-0.39, 0.29) is 29.2 Å². The number of carbonyl (C=O) groups is 2. The van der Waals surface area contributed by atoms with Crippen molar-refractivity contribution in [2.45, 2.75) is 86.5 Å². The number of esters is 2. The SMILES string of the molecule is CC(C)(C)COC(=O)CC(CC(C)(C)C)C(=O)OCC1CCCCC1. The molecule has 0 radical (unpaired) electrons. The van der Waals surface area contributed by atoms with Crippen LogP contribution in [0.4, 0.5) is 0 Å². The average molecular weight is 355 g/mol. The highest BCUT2D eigenvalue weighted by molar-refractivity contribution is 5.80. The molecule has 146 valence electrons. The monoisotopic (exact) mass is 354 g/mol. The minimum Gasteiger partial charge on any atom is -0.465 e. The molecule has 25 heavy (non-hydrogen) atoms. The van der Waals surface area contributed by atoms with Crippen molar-refractivity contribution in [1.82, 2.24) is 0 Å². The van der Waals surface area contributed by atoms with E-state index in [1.54, 1.807) is 0 Å². The Morgan fingerprint density at radius 3 is 2.04 bits per heavy atom. The highest BCUT2D eigenvalue weighted by atomic mass is 16.5. The lowest BCUT2D eigenvalue weighted by Gasteiger charge is -2.26. The van der Waals surface area contributed by atoms with Crippen LogP contribution < -0.4 is 0 Å². The van der Waals surface area contributed by atoms with Gasteiger partial charge < -0.3 is 9.47 Å². The van der Waals surface area contributed by atoms with Crippen molar-refractivity contribution in [3.05, 3.63) is 0 Å². The average Bonchev–Trinajstić information content (AvgIpc) is 2.49. The third kappa shape index (κ3) is 10.5. The van der Waals surface area contributed by atoms with Crippen LogP contribution in [0.5, 0.6) is 0 Å². The van der Waals surface area contributed by atoms with Crippen LogP contribution in [0.3, 0.4) is 0 Å². The summed E-state index contributed by atoms with van der Waals surface area (Å²) >= 11 is 0. The molecule has 1 unspecified atom stereocenters. The standard InChI is InChI=1S/C21H38O4/c1-20(2,3)13-17(12-18(22)25-15-21(4,5)6)19(23)24-14-16-10-8-7-9-11-16/h16-17H,7-15H2,1-6H3. The molecule has 1 atom stereocenters. The Kier molecular flexibility index (Phi) is 8.43. The minimum absolute atomic E-state index is 0.0428. The summed E-state index contributed by atoms with van der Waals surface area (Å²) in [6.45, 7) is 13.2. The first-order valence-corrected chi connectivity index (χ1v) is 9.78. The van der Waals surface area contributed by atoms with Gasteiger partial charge in [-0.15, -0.1) is 0 Å². The van der Waals surface area contributed by atoms with Gasteiger partial charge in [-0.25, -0.2) is 0 Å². The Labute approximate surface area is 154 Å². The van der Waals surface area contributed by atoms with Gasteiger partial charge in [-0.05, 0) is 36.0 Å². The molecule has 1 saturated carbocycles. The second-order valence-corrected chi connectivity index (χ2v) is 10.0. The van der Waals surface area contributed by atoms with Gasteiger partial charge in [-0.2, -0.15) is 0 Å². The molecule has 0 N–H and O–H groups in total. The summed E-state index contributed by atoms with van der Waals surface area (Å²) in [5.74, 6) is -0.483. The second kappa shape index (κ2) is 9.59. The molecule has 0 bridgehead atoms. The first-order valence-electron chi connectivity index (χ1n) is 9.78. The lowest BCUT2D eigenvalue weighted by molar-refractivity contribution is -0.158. The maximum atomic E-state index is 12.6. The lowest BCUT2D eigenvalue weighted by Crippen LogP contribution is -2.29. The Morgan fingerprint density at radius 2 is 1.52 bits per heavy atom. The Hall–Kier alpha value is -1.06. The topological polar surface area (TPSA) is 52.6 Å². The van der Waals surface area contributed by atoms with Crippen LogP contribution >= 0.6 is 0 Å². The number of carbonyl (C=O) groups excluding carboxylic acids is 2. The number of hydrogen-bond donors (Lipinski definition) is 0. The summed E-state index contributed by atoms with van der Waals surface area (Å²) in [6.07, 6.45) is 6.77. The summed E-state index contributed by atoms with van der Waals surface area (Å²) in [6, 6.07) is 0. The fraction of sp³-hybridized carbons (Fsp3) is 0.905. The zero-order chi connectivity index (χ0) is 19.1. The molecule has 0 aliphatic heterocycles. The zero-order valence-corrected chi connectivity index (χ0v) is 17.2. The summed E-state index contributed by atoms with van der Waals surface area (Å²) in [5.41, 5.74) is -0.116. The summed E-state index contributed by atoms with van der Waals surface area (Å²) in [7, 11) is 0. The fourth-order valence-electron chi connectivity index (χ4n) is 3.21. The summed E-state index contributed by atoms with van der Waals surface area (Å²) in [5, 5.41) is 0. The predicted molar refractivity (Wildman–Crippen MR) is 100 cm³/mol. The van der Waals surface area contributed by atoms with Crippen molar-refractivity contribution >= 4 is 11.9 Å². The van der Waals surface area contributed by atoms with E-state index in [1.807, 2.05) is 20.8 Å². The van der Waals surface area contributed by atoms with Crippen molar-refractivity contribution in [1.29, 1.82) is 0 Å². The molecule has 0 aromatic rings. The van der Waals surface area contributed by atoms with E-state index in [1.165, 1.54) is 19.3 Å². The van der Waals surface area contributed by atoms with Crippen LogP contribution in [0.25, 0.3) is 0 Å². The molecule has 0 amide bonds. The molecule has 0 aromatic heterocycles. The fourth-order valence-corrected chi connectivity index (χ4v) is 3.21. The Balaban J connectivity index is 2.55. The number of hydrogen-bond acceptors (Lipinski definition) is 4. The smallest absolute Gasteiger partial charge is 0.309 e. The molecule has 1 aliphatic rings. The lowest BCUT2D eigenvalue weighted by atomic mass is 9.83. The van der Waals surface area contributed by atoms with Crippen LogP contribution in [0.15, 0.2) is 0 Å². The van der Waals surface area contributed by atoms with Crippen LogP contribution in [0.2, 0.25) is 0 Å². The van der Waals surface area contributed by atoms with Gasteiger partial charge in [0.15, 0.2) is 0 Å². The van der Waals surface area contributed by atoms with Crippen LogP contribution in [-0.4, -0.2) is 25.2 Å². The first-order chi connectivity index (χ1) is 11.5. The third-order valence-corrected chi connectivity index (χ3v) is 4.46. The molecule has 0 saturated heterocycles. The van der Waals surface area contributed by atoms with Gasteiger partial charge in [0.1, 0.15) is 0 Å². The molecule has 0 spiro atoms. The molecule has 1 rings (SSSR count). The van der Waals surface area contributed by atoms with Crippen molar-refractivity contribution in [2.24, 2.45) is 22.7 Å². The van der Waals surface area contributed by atoms with Crippen LogP contribution in [0.1, 0.15) is 86.5 Å². The second-order valence-electron chi connectivity index (χ2n) is 10.0. The van der Waals surface area contributed by atoms with Crippen molar-refractivity contribution in [3.8, 4) is 0 Å². The highest BCUT2D eigenvalue weighted by Gasteiger charge is 2.30. The predicted octanol–water partition coefficient (Wildman–Crippen LogP) is 5.14. The molecule has 0 aromatic carbocycles. The van der Waals surface area contributed by atoms with Crippen LogP contribution in [0, 0.1) is 22.7 Å². The summed E-state index contributed by atoms with van der Waals surface area (Å²) < 4.78 is 10.9. The molecule has 4 nitrogen and oxygen atoms in total. The van der Waals surface area contributed by atoms with Gasteiger partial charge in [0.05, 0.1) is 25.6 Å². The highest BCUT2D eigenvalue weighted by Crippen LogP contribution is 2.29. The van der Waals surface area contributed by atoms with E-state index in [2.05, 4.69) is 20.8 Å². The van der Waals surface area contributed by atoms with Gasteiger partial charge in [0.2, 0.25) is 0 Å². The van der Waals surface area contributed by atoms with Gasteiger partial charge in [0, 0.05) is 0 Å². The minimum atomic E-state index is -0.420. The van der Waals surface area contributed by atoms with E-state index in [9.17, 15) is 9.59 Å². The van der Waals surface area contributed by atoms with Crippen molar-refractivity contribution < 1.29 is 19.1 Å².